The van der Waals surface area contributed by atoms with Crippen LogP contribution >= 0.6 is 0 Å². The third kappa shape index (κ3) is 13.7. The third-order valence-electron chi connectivity index (χ3n) is 6.52. The van der Waals surface area contributed by atoms with Crippen molar-refractivity contribution in [1.82, 2.24) is 16.0 Å². The van der Waals surface area contributed by atoms with Crippen LogP contribution in [0.3, 0.4) is 0 Å². The highest BCUT2D eigenvalue weighted by Gasteiger charge is 2.21. The topological polar surface area (TPSA) is 126 Å². The van der Waals surface area contributed by atoms with Crippen molar-refractivity contribution < 1.29 is 29.0 Å². The number of nitrogens with one attached hydrogen (secondary N) is 3. The molecule has 0 saturated heterocycles. The fourth-order valence-electron chi connectivity index (χ4n) is 4.54. The Morgan fingerprint density at radius 1 is 0.919 bits per heavy atom. The van der Waals surface area contributed by atoms with Gasteiger partial charge in [0.2, 0.25) is 0 Å². The molecule has 2 saturated carbocycles. The van der Waals surface area contributed by atoms with E-state index in [0.717, 1.165) is 17.6 Å². The van der Waals surface area contributed by atoms with Crippen LogP contribution in [0.1, 0.15) is 76.2 Å². The first kappa shape index (κ1) is 30.2. The molecule has 0 aliphatic heterocycles. The zero-order chi connectivity index (χ0) is 26.7. The van der Waals surface area contributed by atoms with Gasteiger partial charge in [0, 0.05) is 18.6 Å². The summed E-state index contributed by atoms with van der Waals surface area (Å²) in [5, 5.41) is 17.5. The lowest BCUT2D eigenvalue weighted by atomic mass is 9.91. The molecule has 0 heterocycles. The number of carbonyl (C=O) groups excluding carboxylic acids is 2. The lowest BCUT2D eigenvalue weighted by Gasteiger charge is -2.30. The molecule has 1 aromatic rings. The van der Waals surface area contributed by atoms with E-state index < -0.39 is 24.2 Å². The van der Waals surface area contributed by atoms with E-state index in [-0.39, 0.29) is 26.2 Å². The van der Waals surface area contributed by atoms with Gasteiger partial charge in [-0.2, -0.15) is 0 Å². The Morgan fingerprint density at radius 2 is 1.51 bits per heavy atom. The number of hydrogen-bond donors (Lipinski definition) is 4. The Morgan fingerprint density at radius 3 is 2.05 bits per heavy atom. The predicted octanol–water partition coefficient (Wildman–Crippen LogP) is 4.91. The zero-order valence-corrected chi connectivity index (χ0v) is 21.8. The minimum Gasteiger partial charge on any atom is -0.480 e. The van der Waals surface area contributed by atoms with Gasteiger partial charge in [-0.1, -0.05) is 81.5 Å². The van der Waals surface area contributed by atoms with Crippen molar-refractivity contribution in [3.05, 3.63) is 48.6 Å². The van der Waals surface area contributed by atoms with Crippen LogP contribution < -0.4 is 16.0 Å². The molecular weight excluding hydrogens is 474 g/mol. The smallest absolute Gasteiger partial charge is 0.408 e. The van der Waals surface area contributed by atoms with Gasteiger partial charge < -0.3 is 30.5 Å². The summed E-state index contributed by atoms with van der Waals surface area (Å²) in [5.41, 5.74) is 0.783. The maximum Gasteiger partial charge on any atom is 0.408 e. The first-order chi connectivity index (χ1) is 18.0. The Balaban J connectivity index is 0.000000308. The monoisotopic (exact) mass is 517 g/mol. The SMILES string of the molecule is C1CCC(NC2CCCCC2)CC1.C=CCOC(=O)NCCC(NC(=O)OCc1ccccc1)C(=O)O. The van der Waals surface area contributed by atoms with Gasteiger partial charge in [0.05, 0.1) is 0 Å². The van der Waals surface area contributed by atoms with Crippen molar-refractivity contribution in [3.8, 4) is 0 Å². The van der Waals surface area contributed by atoms with Crippen LogP contribution in [0, 0.1) is 0 Å². The van der Waals surface area contributed by atoms with Gasteiger partial charge in [0.15, 0.2) is 0 Å². The van der Waals surface area contributed by atoms with E-state index in [9.17, 15) is 14.4 Å². The third-order valence-corrected chi connectivity index (χ3v) is 6.52. The summed E-state index contributed by atoms with van der Waals surface area (Å²) in [5.74, 6) is -1.23. The van der Waals surface area contributed by atoms with Crippen molar-refractivity contribution in [2.45, 2.75) is 95.4 Å². The molecule has 2 fully saturated rings. The molecule has 0 radical (unpaired) electrons. The van der Waals surface area contributed by atoms with Crippen molar-refractivity contribution in [2.24, 2.45) is 0 Å². The molecule has 2 aliphatic carbocycles. The molecule has 0 spiro atoms. The summed E-state index contributed by atoms with van der Waals surface area (Å²) >= 11 is 0. The molecule has 3 rings (SSSR count). The molecular formula is C28H43N3O6. The maximum atomic E-state index is 11.6. The highest BCUT2D eigenvalue weighted by atomic mass is 16.6. The molecule has 1 unspecified atom stereocenters. The first-order valence-electron chi connectivity index (χ1n) is 13.5. The Hall–Kier alpha value is -3.07. The molecule has 2 aliphatic rings. The molecule has 0 aromatic heterocycles. The van der Waals surface area contributed by atoms with Crippen LogP contribution in [-0.2, 0) is 20.9 Å². The van der Waals surface area contributed by atoms with Crippen LogP contribution in [0.2, 0.25) is 0 Å². The second-order valence-electron chi connectivity index (χ2n) is 9.54. The lowest BCUT2D eigenvalue weighted by Crippen LogP contribution is -2.43. The summed E-state index contributed by atoms with van der Waals surface area (Å²) in [7, 11) is 0. The summed E-state index contributed by atoms with van der Waals surface area (Å²) in [4.78, 5) is 34.0. The Bertz CT molecular complexity index is 791. The first-order valence-corrected chi connectivity index (χ1v) is 13.5. The van der Waals surface area contributed by atoms with Gasteiger partial charge in [-0.15, -0.1) is 0 Å². The van der Waals surface area contributed by atoms with Crippen LogP contribution in [0.4, 0.5) is 9.59 Å². The van der Waals surface area contributed by atoms with E-state index in [1.165, 1.54) is 70.3 Å². The lowest BCUT2D eigenvalue weighted by molar-refractivity contribution is -0.139. The van der Waals surface area contributed by atoms with Gasteiger partial charge in [0.25, 0.3) is 0 Å². The number of amides is 2. The number of alkyl carbamates (subject to hydrolysis) is 2. The molecule has 4 N–H and O–H groups in total. The van der Waals surface area contributed by atoms with Gasteiger partial charge >= 0.3 is 18.2 Å². The minimum atomic E-state index is -1.23. The van der Waals surface area contributed by atoms with Crippen LogP contribution in [0.5, 0.6) is 0 Å². The van der Waals surface area contributed by atoms with E-state index in [0.29, 0.717) is 0 Å². The number of carbonyl (C=O) groups is 3. The average Bonchev–Trinajstić information content (AvgIpc) is 2.92. The molecule has 9 nitrogen and oxygen atoms in total. The van der Waals surface area contributed by atoms with Gasteiger partial charge in [0.1, 0.15) is 19.3 Å². The largest absolute Gasteiger partial charge is 0.480 e. The van der Waals surface area contributed by atoms with E-state index in [1.54, 1.807) is 24.3 Å². The Labute approximate surface area is 220 Å². The molecule has 1 atom stereocenters. The number of carboxylic acids is 1. The predicted molar refractivity (Wildman–Crippen MR) is 142 cm³/mol. The highest BCUT2D eigenvalue weighted by Crippen LogP contribution is 2.22. The fourth-order valence-corrected chi connectivity index (χ4v) is 4.54. The number of ether oxygens (including phenoxy) is 2. The normalized spacial score (nSPS) is 16.9. The molecule has 9 heteroatoms. The summed E-state index contributed by atoms with van der Waals surface area (Å²) in [6.07, 6.45) is 14.4. The van der Waals surface area contributed by atoms with Gasteiger partial charge in [-0.05, 0) is 37.7 Å². The highest BCUT2D eigenvalue weighted by molar-refractivity contribution is 5.80. The van der Waals surface area contributed by atoms with E-state index in [4.69, 9.17) is 9.84 Å². The quantitative estimate of drug-likeness (QED) is 0.307. The standard InChI is InChI=1S/C16H20N2O6.C12H23N/c1-2-10-23-15(21)17-9-8-13(14(19)20)18-16(22)24-11-12-6-4-3-5-7-12;1-3-7-11(8-4-1)13-12-9-5-2-6-10-12/h2-7,13H,1,8-11H2,(H,17,21)(H,18,22)(H,19,20);11-13H,1-10H2. The van der Waals surface area contributed by atoms with E-state index >= 15 is 0 Å². The number of hydrogen-bond acceptors (Lipinski definition) is 6. The summed E-state index contributed by atoms with van der Waals surface area (Å²) < 4.78 is 9.63. The van der Waals surface area contributed by atoms with Crippen LogP contribution in [0.15, 0.2) is 43.0 Å². The van der Waals surface area contributed by atoms with Crippen molar-refractivity contribution in [2.75, 3.05) is 13.2 Å². The molecule has 206 valence electrons. The maximum absolute atomic E-state index is 11.6. The number of aliphatic carboxylic acids is 1. The summed E-state index contributed by atoms with van der Waals surface area (Å²) in [6, 6.07) is 9.54. The average molecular weight is 518 g/mol. The second kappa shape index (κ2) is 18.2. The van der Waals surface area contributed by atoms with Gasteiger partial charge in [-0.25, -0.2) is 14.4 Å². The van der Waals surface area contributed by atoms with Gasteiger partial charge in [-0.3, -0.25) is 0 Å². The van der Waals surface area contributed by atoms with Crippen molar-refractivity contribution in [3.63, 3.8) is 0 Å². The molecule has 37 heavy (non-hydrogen) atoms. The van der Waals surface area contributed by atoms with Crippen LogP contribution in [0.25, 0.3) is 0 Å². The zero-order valence-electron chi connectivity index (χ0n) is 21.8. The van der Waals surface area contributed by atoms with Crippen molar-refractivity contribution in [1.29, 1.82) is 0 Å². The second-order valence-corrected chi connectivity index (χ2v) is 9.54. The molecule has 1 aromatic carbocycles. The van der Waals surface area contributed by atoms with E-state index in [2.05, 4.69) is 27.3 Å². The minimum absolute atomic E-state index is 0.0149. The fraction of sp³-hybridized carbons (Fsp3) is 0.607. The number of rotatable bonds is 11. The number of benzene rings is 1. The number of carboxylic acid groups (broad SMARTS) is 1. The Kier molecular flexibility index (Phi) is 14.8. The van der Waals surface area contributed by atoms with Crippen LogP contribution in [-0.4, -0.2) is 54.5 Å². The van der Waals surface area contributed by atoms with E-state index in [1.807, 2.05) is 6.07 Å². The molecule has 2 amide bonds. The molecule has 0 bridgehead atoms. The van der Waals surface area contributed by atoms with Crippen molar-refractivity contribution >= 4 is 18.2 Å². The summed E-state index contributed by atoms with van der Waals surface area (Å²) in [6.45, 7) is 3.50.